The van der Waals surface area contributed by atoms with Crippen LogP contribution in [-0.4, -0.2) is 12.6 Å². The fourth-order valence-corrected chi connectivity index (χ4v) is 1.22. The van der Waals surface area contributed by atoms with Gasteiger partial charge in [0.2, 0.25) is 0 Å². The Bertz CT molecular complexity index is 323. The van der Waals surface area contributed by atoms with Crippen molar-refractivity contribution in [3.63, 3.8) is 0 Å². The minimum absolute atomic E-state index is 0.232. The van der Waals surface area contributed by atoms with Crippen molar-refractivity contribution in [2.75, 3.05) is 6.61 Å². The first-order chi connectivity index (χ1) is 7.24. The van der Waals surface area contributed by atoms with Crippen LogP contribution in [-0.2, 0) is 16.0 Å². The highest BCUT2D eigenvalue weighted by Gasteiger charge is 2.03. The fourth-order valence-electron chi connectivity index (χ4n) is 1.22. The summed E-state index contributed by atoms with van der Waals surface area (Å²) in [6, 6.07) is 1.92. The smallest absolute Gasteiger partial charge is 0.333 e. The minimum Gasteiger partial charge on any atom is -0.472 e. The van der Waals surface area contributed by atoms with E-state index in [4.69, 9.17) is 9.15 Å². The second-order valence-corrected chi connectivity index (χ2v) is 3.28. The van der Waals surface area contributed by atoms with Gasteiger partial charge in [0.25, 0.3) is 0 Å². The van der Waals surface area contributed by atoms with E-state index in [1.54, 1.807) is 26.4 Å². The molecule has 0 unspecified atom stereocenters. The van der Waals surface area contributed by atoms with E-state index in [1.807, 2.05) is 12.1 Å². The average Bonchev–Trinajstić information content (AvgIpc) is 2.71. The van der Waals surface area contributed by atoms with Crippen molar-refractivity contribution in [1.29, 1.82) is 0 Å². The molecule has 1 aromatic rings. The molecule has 0 radical (unpaired) electrons. The molecule has 1 aromatic heterocycles. The van der Waals surface area contributed by atoms with Gasteiger partial charge in [-0.25, -0.2) is 4.79 Å². The third kappa shape index (κ3) is 4.02. The number of esters is 1. The SMILES string of the molecule is CCOC(=O)/C(C)=C/CCc1ccoc1. The van der Waals surface area contributed by atoms with Crippen LogP contribution in [0, 0.1) is 0 Å². The molecule has 0 bridgehead atoms. The van der Waals surface area contributed by atoms with Gasteiger partial charge in [-0.3, -0.25) is 0 Å². The summed E-state index contributed by atoms with van der Waals surface area (Å²) < 4.78 is 9.81. The second-order valence-electron chi connectivity index (χ2n) is 3.28. The Labute approximate surface area is 89.7 Å². The first-order valence-corrected chi connectivity index (χ1v) is 5.09. The van der Waals surface area contributed by atoms with Crippen LogP contribution in [0.4, 0.5) is 0 Å². The van der Waals surface area contributed by atoms with Gasteiger partial charge in [-0.1, -0.05) is 6.08 Å². The monoisotopic (exact) mass is 208 g/mol. The van der Waals surface area contributed by atoms with Crippen LogP contribution >= 0.6 is 0 Å². The second kappa shape index (κ2) is 6.06. The van der Waals surface area contributed by atoms with Crippen molar-refractivity contribution in [3.05, 3.63) is 35.8 Å². The fraction of sp³-hybridized carbons (Fsp3) is 0.417. The van der Waals surface area contributed by atoms with Crippen molar-refractivity contribution >= 4 is 5.97 Å². The average molecular weight is 208 g/mol. The van der Waals surface area contributed by atoms with Crippen molar-refractivity contribution in [3.8, 4) is 0 Å². The van der Waals surface area contributed by atoms with Gasteiger partial charge in [-0.15, -0.1) is 0 Å². The predicted molar refractivity (Wildman–Crippen MR) is 57.4 cm³/mol. The number of rotatable bonds is 5. The maximum absolute atomic E-state index is 11.2. The third-order valence-corrected chi connectivity index (χ3v) is 2.06. The standard InChI is InChI=1S/C12H16O3/c1-3-15-12(13)10(2)5-4-6-11-7-8-14-9-11/h5,7-9H,3-4,6H2,1-2H3/b10-5+. The summed E-state index contributed by atoms with van der Waals surface area (Å²) in [7, 11) is 0. The van der Waals surface area contributed by atoms with Crippen LogP contribution in [0.2, 0.25) is 0 Å². The number of carbonyl (C=O) groups is 1. The Morgan fingerprint density at radius 3 is 3.00 bits per heavy atom. The molecule has 0 saturated heterocycles. The zero-order valence-corrected chi connectivity index (χ0v) is 9.16. The number of ether oxygens (including phenoxy) is 1. The Morgan fingerprint density at radius 1 is 1.60 bits per heavy atom. The molecule has 0 aliphatic heterocycles. The topological polar surface area (TPSA) is 39.4 Å². The van der Waals surface area contributed by atoms with E-state index in [1.165, 1.54) is 0 Å². The molecule has 3 nitrogen and oxygen atoms in total. The Morgan fingerprint density at radius 2 is 2.40 bits per heavy atom. The lowest BCUT2D eigenvalue weighted by molar-refractivity contribution is -0.138. The van der Waals surface area contributed by atoms with Gasteiger partial charge >= 0.3 is 5.97 Å². The molecule has 0 aliphatic carbocycles. The van der Waals surface area contributed by atoms with Gasteiger partial charge in [0.15, 0.2) is 0 Å². The minimum atomic E-state index is -0.232. The van der Waals surface area contributed by atoms with Crippen LogP contribution in [0.1, 0.15) is 25.8 Å². The molecular formula is C12H16O3. The Balaban J connectivity index is 2.34. The van der Waals surface area contributed by atoms with E-state index < -0.39 is 0 Å². The summed E-state index contributed by atoms with van der Waals surface area (Å²) in [6.45, 7) is 4.00. The lowest BCUT2D eigenvalue weighted by Crippen LogP contribution is -2.05. The molecule has 1 heterocycles. The number of allylic oxidation sites excluding steroid dienone is 1. The van der Waals surface area contributed by atoms with Gasteiger partial charge in [0.1, 0.15) is 0 Å². The molecule has 1 rings (SSSR count). The first-order valence-electron chi connectivity index (χ1n) is 5.09. The summed E-state index contributed by atoms with van der Waals surface area (Å²) in [6.07, 6.45) is 6.97. The molecule has 0 saturated carbocycles. The molecule has 3 heteroatoms. The number of carbonyl (C=O) groups excluding carboxylic acids is 1. The molecule has 0 spiro atoms. The van der Waals surface area contributed by atoms with Crippen LogP contribution in [0.3, 0.4) is 0 Å². The Hall–Kier alpha value is -1.51. The highest BCUT2D eigenvalue weighted by Crippen LogP contribution is 2.06. The van der Waals surface area contributed by atoms with Gasteiger partial charge < -0.3 is 9.15 Å². The van der Waals surface area contributed by atoms with Gasteiger partial charge in [0, 0.05) is 5.57 Å². The Kier molecular flexibility index (Phi) is 4.68. The van der Waals surface area contributed by atoms with Crippen LogP contribution in [0.25, 0.3) is 0 Å². The van der Waals surface area contributed by atoms with Crippen molar-refractivity contribution in [2.24, 2.45) is 0 Å². The summed E-state index contributed by atoms with van der Waals surface area (Å²) in [5.74, 6) is -0.232. The van der Waals surface area contributed by atoms with E-state index in [-0.39, 0.29) is 5.97 Å². The summed E-state index contributed by atoms with van der Waals surface area (Å²) in [4.78, 5) is 11.2. The van der Waals surface area contributed by atoms with Crippen LogP contribution < -0.4 is 0 Å². The zero-order chi connectivity index (χ0) is 11.1. The number of hydrogen-bond acceptors (Lipinski definition) is 3. The molecule has 0 aromatic carbocycles. The first kappa shape index (κ1) is 11.6. The number of aryl methyl sites for hydroxylation is 1. The largest absolute Gasteiger partial charge is 0.472 e. The van der Waals surface area contributed by atoms with Gasteiger partial charge in [0.05, 0.1) is 19.1 Å². The predicted octanol–water partition coefficient (Wildman–Crippen LogP) is 2.72. The van der Waals surface area contributed by atoms with Crippen LogP contribution in [0.15, 0.2) is 34.7 Å². The molecule has 0 atom stereocenters. The molecule has 0 N–H and O–H groups in total. The molecule has 0 fully saturated rings. The summed E-state index contributed by atoms with van der Waals surface area (Å²) in [5, 5.41) is 0. The highest BCUT2D eigenvalue weighted by molar-refractivity contribution is 5.87. The van der Waals surface area contributed by atoms with E-state index in [9.17, 15) is 4.79 Å². The van der Waals surface area contributed by atoms with Gasteiger partial charge in [-0.05, 0) is 38.3 Å². The number of hydrogen-bond donors (Lipinski definition) is 0. The van der Waals surface area contributed by atoms with E-state index in [0.29, 0.717) is 12.2 Å². The lowest BCUT2D eigenvalue weighted by Gasteiger charge is -2.00. The summed E-state index contributed by atoms with van der Waals surface area (Å²) >= 11 is 0. The van der Waals surface area contributed by atoms with Crippen molar-refractivity contribution < 1.29 is 13.9 Å². The normalized spacial score (nSPS) is 11.5. The summed E-state index contributed by atoms with van der Waals surface area (Å²) in [5.41, 5.74) is 1.81. The van der Waals surface area contributed by atoms with E-state index in [2.05, 4.69) is 0 Å². The molecular weight excluding hydrogens is 192 g/mol. The number of furan rings is 1. The maximum Gasteiger partial charge on any atom is 0.333 e. The maximum atomic E-state index is 11.2. The van der Waals surface area contributed by atoms with Crippen molar-refractivity contribution in [1.82, 2.24) is 0 Å². The molecule has 15 heavy (non-hydrogen) atoms. The third-order valence-electron chi connectivity index (χ3n) is 2.06. The highest BCUT2D eigenvalue weighted by atomic mass is 16.5. The van der Waals surface area contributed by atoms with E-state index >= 15 is 0 Å². The quantitative estimate of drug-likeness (QED) is 0.551. The molecule has 82 valence electrons. The van der Waals surface area contributed by atoms with Crippen molar-refractivity contribution in [2.45, 2.75) is 26.7 Å². The van der Waals surface area contributed by atoms with Crippen LogP contribution in [0.5, 0.6) is 0 Å². The van der Waals surface area contributed by atoms with Gasteiger partial charge in [-0.2, -0.15) is 0 Å². The lowest BCUT2D eigenvalue weighted by atomic mass is 10.1. The van der Waals surface area contributed by atoms with E-state index in [0.717, 1.165) is 18.4 Å². The molecule has 0 aliphatic rings. The zero-order valence-electron chi connectivity index (χ0n) is 9.16. The molecule has 0 amide bonds.